The molecular formula is C21H31NO2S. The third-order valence-corrected chi connectivity index (χ3v) is 9.45. The van der Waals surface area contributed by atoms with Crippen LogP contribution in [-0.4, -0.2) is 14.5 Å². The van der Waals surface area contributed by atoms with Crippen LogP contribution in [0.2, 0.25) is 0 Å². The predicted molar refractivity (Wildman–Crippen MR) is 101 cm³/mol. The Morgan fingerprint density at radius 2 is 1.08 bits per heavy atom. The summed E-state index contributed by atoms with van der Waals surface area (Å²) in [7, 11) is -3.48. The van der Waals surface area contributed by atoms with Crippen molar-refractivity contribution < 1.29 is 8.42 Å². The van der Waals surface area contributed by atoms with Crippen molar-refractivity contribution >= 4 is 10.0 Å². The van der Waals surface area contributed by atoms with E-state index in [9.17, 15) is 8.42 Å². The summed E-state index contributed by atoms with van der Waals surface area (Å²) in [5, 5.41) is 0. The fourth-order valence-corrected chi connectivity index (χ4v) is 8.20. The van der Waals surface area contributed by atoms with E-state index in [1.165, 1.54) is 37.7 Å². The van der Waals surface area contributed by atoms with E-state index in [0.717, 1.165) is 34.1 Å². The molecule has 1 aromatic rings. The second-order valence-electron chi connectivity index (χ2n) is 9.03. The number of rotatable bonds is 3. The highest BCUT2D eigenvalue weighted by atomic mass is 32.2. The van der Waals surface area contributed by atoms with Crippen LogP contribution < -0.4 is 4.72 Å². The standard InChI is InChI=1S/C21H31NO2S/c1-11-12(2)14(4)21(15(5)13(11)3)25(23,24)22-20-18-7-16-6-17(9-18)10-19(20)8-16/h16-20,22H,6-10H2,1-5H3. The highest BCUT2D eigenvalue weighted by molar-refractivity contribution is 7.89. The third kappa shape index (κ3) is 2.68. The summed E-state index contributed by atoms with van der Waals surface area (Å²) >= 11 is 0. The Balaban J connectivity index is 1.70. The first-order chi connectivity index (χ1) is 11.7. The van der Waals surface area contributed by atoms with Gasteiger partial charge in [0.15, 0.2) is 0 Å². The van der Waals surface area contributed by atoms with Gasteiger partial charge in [-0.05, 0) is 118 Å². The molecule has 5 rings (SSSR count). The van der Waals surface area contributed by atoms with Crippen molar-refractivity contribution in [1.82, 2.24) is 4.72 Å². The Kier molecular flexibility index (Phi) is 4.08. The van der Waals surface area contributed by atoms with E-state index >= 15 is 0 Å². The molecule has 0 amide bonds. The molecule has 0 atom stereocenters. The fraction of sp³-hybridized carbons (Fsp3) is 0.714. The minimum atomic E-state index is -3.48. The fourth-order valence-electron chi connectivity index (χ4n) is 6.22. The molecule has 0 aromatic heterocycles. The summed E-state index contributed by atoms with van der Waals surface area (Å²) < 4.78 is 29.9. The molecule has 1 N–H and O–H groups in total. The van der Waals surface area contributed by atoms with Crippen LogP contribution in [-0.2, 0) is 10.0 Å². The quantitative estimate of drug-likeness (QED) is 0.871. The van der Waals surface area contributed by atoms with Crippen LogP contribution in [0, 0.1) is 58.3 Å². The van der Waals surface area contributed by atoms with E-state index in [-0.39, 0.29) is 6.04 Å². The van der Waals surface area contributed by atoms with Gasteiger partial charge in [0.05, 0.1) is 4.90 Å². The Labute approximate surface area is 152 Å². The van der Waals surface area contributed by atoms with Crippen molar-refractivity contribution in [2.75, 3.05) is 0 Å². The lowest BCUT2D eigenvalue weighted by Crippen LogP contribution is -2.55. The molecule has 4 aliphatic rings. The van der Waals surface area contributed by atoms with Crippen LogP contribution in [0.1, 0.15) is 59.9 Å². The normalized spacial score (nSPS) is 33.9. The second kappa shape index (κ2) is 5.82. The first-order valence-electron chi connectivity index (χ1n) is 9.78. The summed E-state index contributed by atoms with van der Waals surface area (Å²) in [5.41, 5.74) is 5.25. The molecule has 0 radical (unpaired) electrons. The van der Waals surface area contributed by atoms with Crippen molar-refractivity contribution in [3.63, 3.8) is 0 Å². The molecule has 0 heterocycles. The van der Waals surface area contributed by atoms with Gasteiger partial charge >= 0.3 is 0 Å². The van der Waals surface area contributed by atoms with Gasteiger partial charge in [0.1, 0.15) is 0 Å². The minimum Gasteiger partial charge on any atom is -0.207 e. The number of hydrogen-bond acceptors (Lipinski definition) is 2. The zero-order chi connectivity index (χ0) is 18.1. The molecule has 25 heavy (non-hydrogen) atoms. The van der Waals surface area contributed by atoms with Gasteiger partial charge in [-0.25, -0.2) is 13.1 Å². The molecule has 4 saturated carbocycles. The summed E-state index contributed by atoms with van der Waals surface area (Å²) in [5.74, 6) is 2.82. The molecule has 0 spiro atoms. The number of hydrogen-bond donors (Lipinski definition) is 1. The zero-order valence-electron chi connectivity index (χ0n) is 16.1. The van der Waals surface area contributed by atoms with E-state index < -0.39 is 10.0 Å². The topological polar surface area (TPSA) is 46.2 Å². The first kappa shape index (κ1) is 17.5. The molecule has 1 aromatic carbocycles. The van der Waals surface area contributed by atoms with Crippen LogP contribution in [0.25, 0.3) is 0 Å². The van der Waals surface area contributed by atoms with Crippen LogP contribution in [0.15, 0.2) is 4.90 Å². The van der Waals surface area contributed by atoms with E-state index in [4.69, 9.17) is 0 Å². The van der Waals surface area contributed by atoms with Crippen molar-refractivity contribution in [2.45, 2.75) is 77.7 Å². The van der Waals surface area contributed by atoms with Gasteiger partial charge in [-0.2, -0.15) is 0 Å². The van der Waals surface area contributed by atoms with E-state index in [1.54, 1.807) is 0 Å². The molecule has 4 fully saturated rings. The van der Waals surface area contributed by atoms with Crippen molar-refractivity contribution in [3.05, 3.63) is 27.8 Å². The van der Waals surface area contributed by atoms with Crippen molar-refractivity contribution in [1.29, 1.82) is 0 Å². The van der Waals surface area contributed by atoms with Gasteiger partial charge in [-0.3, -0.25) is 0 Å². The first-order valence-corrected chi connectivity index (χ1v) is 11.3. The lowest BCUT2D eigenvalue weighted by Gasteiger charge is -2.54. The summed E-state index contributed by atoms with van der Waals surface area (Å²) in [6, 6.07) is 0.151. The molecule has 0 unspecified atom stereocenters. The monoisotopic (exact) mass is 361 g/mol. The summed E-state index contributed by atoms with van der Waals surface area (Å²) in [6.45, 7) is 10.1. The molecule has 138 valence electrons. The average molecular weight is 362 g/mol. The Bertz CT molecular complexity index is 768. The second-order valence-corrected chi connectivity index (χ2v) is 10.7. The van der Waals surface area contributed by atoms with Crippen LogP contribution in [0.3, 0.4) is 0 Å². The van der Waals surface area contributed by atoms with E-state index in [1.807, 2.05) is 27.7 Å². The Morgan fingerprint density at radius 1 is 0.680 bits per heavy atom. The zero-order valence-corrected chi connectivity index (χ0v) is 17.0. The Morgan fingerprint density at radius 3 is 1.52 bits per heavy atom. The van der Waals surface area contributed by atoms with Gasteiger partial charge in [-0.15, -0.1) is 0 Å². The van der Waals surface area contributed by atoms with E-state index in [0.29, 0.717) is 16.7 Å². The molecule has 3 nitrogen and oxygen atoms in total. The number of sulfonamides is 1. The van der Waals surface area contributed by atoms with Gasteiger partial charge in [0.25, 0.3) is 0 Å². The SMILES string of the molecule is Cc1c(C)c(C)c(S(=O)(=O)NC2C3CC4CC(C3)CC2C4)c(C)c1C. The van der Waals surface area contributed by atoms with Gasteiger partial charge < -0.3 is 0 Å². The summed E-state index contributed by atoms with van der Waals surface area (Å²) in [4.78, 5) is 0.530. The molecule has 4 aliphatic carbocycles. The highest BCUT2D eigenvalue weighted by Crippen LogP contribution is 2.54. The lowest BCUT2D eigenvalue weighted by molar-refractivity contribution is -0.00558. The maximum atomic E-state index is 13.4. The molecular weight excluding hydrogens is 330 g/mol. The molecule has 0 aliphatic heterocycles. The molecule has 4 bridgehead atoms. The highest BCUT2D eigenvalue weighted by Gasteiger charge is 2.49. The maximum absolute atomic E-state index is 13.4. The van der Waals surface area contributed by atoms with E-state index in [2.05, 4.69) is 11.6 Å². The molecule has 4 heteroatoms. The van der Waals surface area contributed by atoms with Crippen LogP contribution in [0.4, 0.5) is 0 Å². The summed E-state index contributed by atoms with van der Waals surface area (Å²) in [6.07, 6.45) is 6.30. The van der Waals surface area contributed by atoms with Crippen molar-refractivity contribution in [2.24, 2.45) is 23.7 Å². The van der Waals surface area contributed by atoms with Gasteiger partial charge in [0, 0.05) is 6.04 Å². The maximum Gasteiger partial charge on any atom is 0.241 e. The minimum absolute atomic E-state index is 0.151. The molecule has 0 saturated heterocycles. The van der Waals surface area contributed by atoms with Gasteiger partial charge in [0.2, 0.25) is 10.0 Å². The largest absolute Gasteiger partial charge is 0.241 e. The lowest BCUT2D eigenvalue weighted by atomic mass is 9.54. The number of benzene rings is 1. The van der Waals surface area contributed by atoms with Crippen LogP contribution >= 0.6 is 0 Å². The van der Waals surface area contributed by atoms with Crippen LogP contribution in [0.5, 0.6) is 0 Å². The Hall–Kier alpha value is -0.870. The van der Waals surface area contributed by atoms with Crippen molar-refractivity contribution in [3.8, 4) is 0 Å². The smallest absolute Gasteiger partial charge is 0.207 e. The number of nitrogens with one attached hydrogen (secondary N) is 1. The third-order valence-electron chi connectivity index (χ3n) is 7.72. The predicted octanol–water partition coefficient (Wildman–Crippen LogP) is 4.33. The average Bonchev–Trinajstić information content (AvgIpc) is 2.54. The van der Waals surface area contributed by atoms with Gasteiger partial charge in [-0.1, -0.05) is 0 Å².